The number of piperazine rings is 1. The van der Waals surface area contributed by atoms with E-state index in [4.69, 9.17) is 5.73 Å². The number of nitrogens with two attached hydrogens (primary N) is 1. The Morgan fingerprint density at radius 2 is 2.10 bits per heavy atom. The van der Waals surface area contributed by atoms with Gasteiger partial charge < -0.3 is 16.0 Å². The lowest BCUT2D eigenvalue weighted by atomic mass is 10.2. The minimum atomic E-state index is 0.106. The average Bonchev–Trinajstić information content (AvgIpc) is 2.47. The fourth-order valence-electron chi connectivity index (χ4n) is 2.37. The highest BCUT2D eigenvalue weighted by molar-refractivity contribution is 5.78. The molecule has 116 valence electrons. The molecule has 0 aromatic carbocycles. The summed E-state index contributed by atoms with van der Waals surface area (Å²) in [6.45, 7) is 8.79. The fraction of sp³-hybridized carbons (Fsp3) is 0.600. The van der Waals surface area contributed by atoms with Crippen LogP contribution in [0.15, 0.2) is 18.3 Å². The van der Waals surface area contributed by atoms with E-state index >= 15 is 0 Å². The van der Waals surface area contributed by atoms with Crippen LogP contribution < -0.4 is 16.0 Å². The van der Waals surface area contributed by atoms with Crippen molar-refractivity contribution in [2.45, 2.75) is 13.8 Å². The number of anilines is 2. The summed E-state index contributed by atoms with van der Waals surface area (Å²) in [5.41, 5.74) is 6.66. The maximum absolute atomic E-state index is 11.8. The van der Waals surface area contributed by atoms with E-state index in [1.54, 1.807) is 6.20 Å². The molecule has 1 saturated heterocycles. The van der Waals surface area contributed by atoms with Crippen LogP contribution in [0, 0.1) is 5.92 Å². The Morgan fingerprint density at radius 3 is 2.71 bits per heavy atom. The van der Waals surface area contributed by atoms with Gasteiger partial charge in [0.05, 0.1) is 12.2 Å². The van der Waals surface area contributed by atoms with Crippen molar-refractivity contribution in [1.29, 1.82) is 0 Å². The molecular weight excluding hydrogens is 266 g/mol. The first kappa shape index (κ1) is 15.6. The largest absolute Gasteiger partial charge is 0.396 e. The van der Waals surface area contributed by atoms with Gasteiger partial charge in [-0.05, 0) is 18.1 Å². The van der Waals surface area contributed by atoms with Crippen LogP contribution in [-0.4, -0.2) is 55.1 Å². The minimum absolute atomic E-state index is 0.106. The lowest BCUT2D eigenvalue weighted by Crippen LogP contribution is -2.50. The maximum atomic E-state index is 11.8. The van der Waals surface area contributed by atoms with Gasteiger partial charge in [0, 0.05) is 38.9 Å². The van der Waals surface area contributed by atoms with Crippen molar-refractivity contribution < 1.29 is 4.79 Å². The number of carbonyl (C=O) groups is 1. The second-order valence-corrected chi connectivity index (χ2v) is 5.88. The summed E-state index contributed by atoms with van der Waals surface area (Å²) in [5.74, 6) is 1.44. The van der Waals surface area contributed by atoms with E-state index in [-0.39, 0.29) is 5.91 Å². The first-order chi connectivity index (χ1) is 10.1. The highest BCUT2D eigenvalue weighted by Gasteiger charge is 2.20. The highest BCUT2D eigenvalue weighted by Crippen LogP contribution is 2.20. The smallest absolute Gasteiger partial charge is 0.234 e. The van der Waals surface area contributed by atoms with Crippen molar-refractivity contribution in [3.63, 3.8) is 0 Å². The number of carbonyl (C=O) groups excluding carboxylic acids is 1. The molecule has 0 radical (unpaired) electrons. The van der Waals surface area contributed by atoms with Gasteiger partial charge in [-0.25, -0.2) is 4.98 Å². The number of aromatic nitrogens is 1. The van der Waals surface area contributed by atoms with Crippen LogP contribution in [-0.2, 0) is 4.79 Å². The van der Waals surface area contributed by atoms with Gasteiger partial charge in [-0.15, -0.1) is 0 Å². The summed E-state index contributed by atoms with van der Waals surface area (Å²) in [6, 6.07) is 3.71. The normalized spacial score (nSPS) is 16.2. The van der Waals surface area contributed by atoms with Crippen molar-refractivity contribution in [1.82, 2.24) is 15.2 Å². The van der Waals surface area contributed by atoms with Crippen LogP contribution in [0.5, 0.6) is 0 Å². The zero-order chi connectivity index (χ0) is 15.2. The van der Waals surface area contributed by atoms with Crippen molar-refractivity contribution in [3.05, 3.63) is 18.3 Å². The molecule has 1 amide bonds. The Hall–Kier alpha value is -1.82. The van der Waals surface area contributed by atoms with Crippen LogP contribution in [0.4, 0.5) is 11.5 Å². The predicted molar refractivity (Wildman–Crippen MR) is 85.2 cm³/mol. The molecule has 0 saturated carbocycles. The van der Waals surface area contributed by atoms with Gasteiger partial charge in [0.1, 0.15) is 0 Å². The van der Waals surface area contributed by atoms with E-state index in [0.717, 1.165) is 38.5 Å². The van der Waals surface area contributed by atoms with Gasteiger partial charge in [0.25, 0.3) is 0 Å². The lowest BCUT2D eigenvalue weighted by Gasteiger charge is -2.35. The lowest BCUT2D eigenvalue weighted by molar-refractivity contribution is -0.122. The average molecular weight is 291 g/mol. The maximum Gasteiger partial charge on any atom is 0.234 e. The van der Waals surface area contributed by atoms with Crippen LogP contribution in [0.25, 0.3) is 0 Å². The molecule has 0 spiro atoms. The third kappa shape index (κ3) is 4.60. The molecule has 2 heterocycles. The van der Waals surface area contributed by atoms with Gasteiger partial charge in [0.2, 0.25) is 5.91 Å². The molecule has 6 nitrogen and oxygen atoms in total. The first-order valence-corrected chi connectivity index (χ1v) is 7.50. The molecule has 1 aromatic heterocycles. The zero-order valence-corrected chi connectivity index (χ0v) is 12.9. The van der Waals surface area contributed by atoms with Crippen molar-refractivity contribution in [3.8, 4) is 0 Å². The van der Waals surface area contributed by atoms with Gasteiger partial charge in [-0.2, -0.15) is 0 Å². The molecule has 0 atom stereocenters. The number of nitrogens with zero attached hydrogens (tertiary/aromatic N) is 3. The molecule has 0 aliphatic carbocycles. The summed E-state index contributed by atoms with van der Waals surface area (Å²) < 4.78 is 0. The van der Waals surface area contributed by atoms with Gasteiger partial charge in [-0.3, -0.25) is 9.69 Å². The summed E-state index contributed by atoms with van der Waals surface area (Å²) in [5, 5.41) is 2.95. The summed E-state index contributed by atoms with van der Waals surface area (Å²) in [4.78, 5) is 20.5. The van der Waals surface area contributed by atoms with E-state index in [1.807, 2.05) is 12.1 Å². The zero-order valence-electron chi connectivity index (χ0n) is 12.9. The Bertz CT molecular complexity index is 469. The fourth-order valence-corrected chi connectivity index (χ4v) is 2.37. The summed E-state index contributed by atoms with van der Waals surface area (Å²) >= 11 is 0. The Kier molecular flexibility index (Phi) is 5.38. The number of nitrogen functional groups attached to an aromatic ring is 1. The van der Waals surface area contributed by atoms with E-state index in [1.165, 1.54) is 0 Å². The van der Waals surface area contributed by atoms with Gasteiger partial charge in [0.15, 0.2) is 5.82 Å². The highest BCUT2D eigenvalue weighted by atomic mass is 16.2. The number of hydrogen-bond acceptors (Lipinski definition) is 5. The molecule has 2 rings (SSSR count). The number of pyridine rings is 1. The molecule has 1 aliphatic rings. The monoisotopic (exact) mass is 291 g/mol. The number of amides is 1. The SMILES string of the molecule is CC(C)CNC(=O)CN1CCN(c2ncccc2N)CC1. The molecule has 1 fully saturated rings. The second kappa shape index (κ2) is 7.26. The van der Waals surface area contributed by atoms with E-state index in [0.29, 0.717) is 18.2 Å². The van der Waals surface area contributed by atoms with Crippen molar-refractivity contribution >= 4 is 17.4 Å². The molecule has 6 heteroatoms. The summed E-state index contributed by atoms with van der Waals surface area (Å²) in [6.07, 6.45) is 1.76. The van der Waals surface area contributed by atoms with E-state index in [2.05, 4.69) is 33.9 Å². The van der Waals surface area contributed by atoms with Crippen LogP contribution in [0.3, 0.4) is 0 Å². The van der Waals surface area contributed by atoms with Crippen molar-refractivity contribution in [2.75, 3.05) is 49.9 Å². The number of nitrogens with one attached hydrogen (secondary N) is 1. The molecule has 0 bridgehead atoms. The molecule has 0 unspecified atom stereocenters. The first-order valence-electron chi connectivity index (χ1n) is 7.50. The molecule has 1 aromatic rings. The molecule has 3 N–H and O–H groups in total. The summed E-state index contributed by atoms with van der Waals surface area (Å²) in [7, 11) is 0. The van der Waals surface area contributed by atoms with Crippen molar-refractivity contribution in [2.24, 2.45) is 5.92 Å². The third-order valence-corrected chi connectivity index (χ3v) is 3.56. The Morgan fingerprint density at radius 1 is 1.38 bits per heavy atom. The Balaban J connectivity index is 1.78. The van der Waals surface area contributed by atoms with Gasteiger partial charge in [-0.1, -0.05) is 13.8 Å². The number of rotatable bonds is 5. The van der Waals surface area contributed by atoms with Crippen LogP contribution >= 0.6 is 0 Å². The molecular formula is C15H25N5O. The van der Waals surface area contributed by atoms with E-state index in [9.17, 15) is 4.79 Å². The topological polar surface area (TPSA) is 74.5 Å². The third-order valence-electron chi connectivity index (χ3n) is 3.56. The van der Waals surface area contributed by atoms with Gasteiger partial charge >= 0.3 is 0 Å². The standard InChI is InChI=1S/C15H25N5O/c1-12(2)10-18-14(21)11-19-6-8-20(9-7-19)15-13(16)4-3-5-17-15/h3-5,12H,6-11,16H2,1-2H3,(H,18,21). The predicted octanol–water partition coefficient (Wildman–Crippen LogP) is 0.558. The molecule has 21 heavy (non-hydrogen) atoms. The quantitative estimate of drug-likeness (QED) is 0.829. The van der Waals surface area contributed by atoms with Crippen LogP contribution in [0.2, 0.25) is 0 Å². The van der Waals surface area contributed by atoms with Crippen LogP contribution in [0.1, 0.15) is 13.8 Å². The minimum Gasteiger partial charge on any atom is -0.396 e. The van der Waals surface area contributed by atoms with E-state index < -0.39 is 0 Å². The number of hydrogen-bond donors (Lipinski definition) is 2. The molecule has 1 aliphatic heterocycles. The Labute approximate surface area is 126 Å². The second-order valence-electron chi connectivity index (χ2n) is 5.88.